The molecule has 2 saturated heterocycles. The summed E-state index contributed by atoms with van der Waals surface area (Å²) in [5, 5.41) is 6.39. The molecule has 4 heterocycles. The highest BCUT2D eigenvalue weighted by atomic mass is 16.2. The molecule has 1 aromatic heterocycles. The van der Waals surface area contributed by atoms with Gasteiger partial charge in [-0.05, 0) is 50.3 Å². The molecule has 3 aliphatic rings. The molecule has 2 N–H and O–H groups in total. The topological polar surface area (TPSA) is 96.3 Å². The lowest BCUT2D eigenvalue weighted by atomic mass is 9.60. The second-order valence-corrected chi connectivity index (χ2v) is 11.4. The number of nitrogens with zero attached hydrogens (tertiary/aromatic N) is 3. The van der Waals surface area contributed by atoms with E-state index in [9.17, 15) is 14.4 Å². The molecule has 36 heavy (non-hydrogen) atoms. The number of piperazine rings is 1. The van der Waals surface area contributed by atoms with Gasteiger partial charge in [0, 0.05) is 29.3 Å². The van der Waals surface area contributed by atoms with Crippen LogP contribution < -0.4 is 10.6 Å². The van der Waals surface area contributed by atoms with Gasteiger partial charge in [-0.25, -0.2) is 4.98 Å². The van der Waals surface area contributed by atoms with E-state index in [0.717, 1.165) is 11.3 Å². The van der Waals surface area contributed by atoms with Gasteiger partial charge in [-0.2, -0.15) is 0 Å². The van der Waals surface area contributed by atoms with Crippen molar-refractivity contribution in [2.75, 3.05) is 5.32 Å². The average molecular weight is 488 g/mol. The maximum atomic E-state index is 13.9. The van der Waals surface area contributed by atoms with Gasteiger partial charge in [0.25, 0.3) is 5.91 Å². The molecular weight excluding hydrogens is 454 g/mol. The van der Waals surface area contributed by atoms with E-state index >= 15 is 0 Å². The van der Waals surface area contributed by atoms with Crippen LogP contribution >= 0.6 is 0 Å². The Bertz CT molecular complexity index is 1320. The molecule has 8 heteroatoms. The van der Waals surface area contributed by atoms with Crippen LogP contribution in [0.5, 0.6) is 0 Å². The summed E-state index contributed by atoms with van der Waals surface area (Å²) in [6.07, 6.45) is 7.45. The number of fused-ring (bicyclic) bond motifs is 5. The fourth-order valence-electron chi connectivity index (χ4n) is 6.25. The Morgan fingerprint density at radius 3 is 2.67 bits per heavy atom. The first-order chi connectivity index (χ1) is 16.9. The van der Waals surface area contributed by atoms with Crippen LogP contribution in [-0.4, -0.2) is 44.3 Å². The van der Waals surface area contributed by atoms with E-state index in [-0.39, 0.29) is 34.9 Å². The third kappa shape index (κ3) is 3.34. The fourth-order valence-corrected chi connectivity index (χ4v) is 6.25. The van der Waals surface area contributed by atoms with Crippen LogP contribution in [0.15, 0.2) is 55.1 Å². The zero-order chi connectivity index (χ0) is 26.0. The van der Waals surface area contributed by atoms with Crippen LogP contribution in [0.1, 0.15) is 58.7 Å². The fraction of sp³-hybridized carbons (Fsp3) is 0.429. The van der Waals surface area contributed by atoms with Crippen LogP contribution in [0, 0.1) is 5.41 Å². The van der Waals surface area contributed by atoms with Crippen molar-refractivity contribution in [3.05, 3.63) is 66.4 Å². The Balaban J connectivity index is 1.52. The summed E-state index contributed by atoms with van der Waals surface area (Å²) < 4.78 is 1.86. The largest absolute Gasteiger partial charge is 0.364 e. The normalized spacial score (nSPS) is 26.2. The summed E-state index contributed by atoms with van der Waals surface area (Å²) in [7, 11) is 0. The number of para-hydroxylation sites is 1. The quantitative estimate of drug-likeness (QED) is 0.480. The lowest BCUT2D eigenvalue weighted by molar-refractivity contribution is -0.141. The van der Waals surface area contributed by atoms with Gasteiger partial charge in [0.2, 0.25) is 5.91 Å². The van der Waals surface area contributed by atoms with Crippen molar-refractivity contribution in [1.29, 1.82) is 0 Å². The number of ketones is 1. The number of amides is 2. The Morgan fingerprint density at radius 1 is 1.25 bits per heavy atom. The van der Waals surface area contributed by atoms with Gasteiger partial charge in [-0.1, -0.05) is 38.1 Å². The summed E-state index contributed by atoms with van der Waals surface area (Å²) in [6, 6.07) is 7.48. The predicted molar refractivity (Wildman–Crippen MR) is 138 cm³/mol. The Hall–Kier alpha value is -3.68. The molecule has 0 spiro atoms. The lowest BCUT2D eigenvalue weighted by Gasteiger charge is -2.43. The molecule has 1 aromatic carbocycles. The standard InChI is InChI=1S/C28H33N5O3/c1-7-26(3,4)28-14-22-23(35)30-21(12-18-15-32(16-29-18)27(5,6)13-17(2)34)24(36)33(22)25(28)31-20-11-9-8-10-19(20)28/h7-12,15-16,22,25,31H,1,13-14H2,2-6H3,(H,30,35)/b21-12+/t22?,25-,28+/m0/s1. The monoisotopic (exact) mass is 487 g/mol. The van der Waals surface area contributed by atoms with E-state index in [2.05, 4.69) is 42.1 Å². The van der Waals surface area contributed by atoms with E-state index in [0.29, 0.717) is 18.5 Å². The van der Waals surface area contributed by atoms with Gasteiger partial charge >= 0.3 is 0 Å². The number of carbonyl (C=O) groups is 3. The molecule has 0 aliphatic carbocycles. The second-order valence-electron chi connectivity index (χ2n) is 11.4. The number of anilines is 1. The van der Waals surface area contributed by atoms with E-state index < -0.39 is 17.0 Å². The molecule has 8 nitrogen and oxygen atoms in total. The number of imidazole rings is 1. The number of rotatable bonds is 6. The molecule has 0 radical (unpaired) electrons. The summed E-state index contributed by atoms with van der Waals surface area (Å²) in [5.41, 5.74) is 1.46. The van der Waals surface area contributed by atoms with Gasteiger partial charge in [-0.3, -0.25) is 14.4 Å². The number of hydrogen-bond acceptors (Lipinski definition) is 5. The van der Waals surface area contributed by atoms with Crippen molar-refractivity contribution in [3.8, 4) is 0 Å². The molecule has 2 fully saturated rings. The highest BCUT2D eigenvalue weighted by Crippen LogP contribution is 2.60. The third-order valence-electron chi connectivity index (χ3n) is 8.26. The Morgan fingerprint density at radius 2 is 1.97 bits per heavy atom. The van der Waals surface area contributed by atoms with Gasteiger partial charge in [0.05, 0.1) is 12.0 Å². The van der Waals surface area contributed by atoms with E-state index in [1.54, 1.807) is 30.4 Å². The number of carbonyl (C=O) groups excluding carboxylic acids is 3. The Kier molecular flexibility index (Phi) is 5.28. The number of Topliss-reactive ketones (excluding diaryl/α,β-unsaturated/α-hetero) is 1. The first kappa shape index (κ1) is 24.0. The van der Waals surface area contributed by atoms with Crippen LogP contribution in [-0.2, 0) is 25.3 Å². The average Bonchev–Trinajstić information content (AvgIpc) is 3.49. The van der Waals surface area contributed by atoms with Crippen molar-refractivity contribution < 1.29 is 14.4 Å². The molecule has 3 aliphatic heterocycles. The van der Waals surface area contributed by atoms with Crippen molar-refractivity contribution >= 4 is 29.4 Å². The van der Waals surface area contributed by atoms with Gasteiger partial charge in [-0.15, -0.1) is 6.58 Å². The SMILES string of the molecule is C=CC(C)(C)[C@@]12CC3C(=O)N/C(=C/c4cn(C(C)(C)CC(C)=O)cn4)C(=O)N3[C@@H]1Nc1ccccc12. The van der Waals surface area contributed by atoms with Crippen LogP contribution in [0.4, 0.5) is 5.69 Å². The number of nitrogens with one attached hydrogen (secondary N) is 2. The summed E-state index contributed by atoms with van der Waals surface area (Å²) in [6.45, 7) is 13.8. The summed E-state index contributed by atoms with van der Waals surface area (Å²) >= 11 is 0. The third-order valence-corrected chi connectivity index (χ3v) is 8.26. The smallest absolute Gasteiger partial charge is 0.272 e. The molecule has 2 amide bonds. The van der Waals surface area contributed by atoms with Gasteiger partial charge in [0.1, 0.15) is 23.7 Å². The number of allylic oxidation sites excluding steroid dienone is 1. The molecular formula is C28H33N5O3. The second kappa shape index (κ2) is 7.91. The lowest BCUT2D eigenvalue weighted by Crippen LogP contribution is -2.59. The molecule has 3 atom stereocenters. The van der Waals surface area contributed by atoms with Crippen LogP contribution in [0.3, 0.4) is 0 Å². The zero-order valence-electron chi connectivity index (χ0n) is 21.5. The molecule has 2 aromatic rings. The number of benzene rings is 1. The zero-order valence-corrected chi connectivity index (χ0v) is 21.5. The Labute approximate surface area is 211 Å². The van der Waals surface area contributed by atoms with Crippen LogP contribution in [0.25, 0.3) is 6.08 Å². The summed E-state index contributed by atoms with van der Waals surface area (Å²) in [4.78, 5) is 45.0. The first-order valence-corrected chi connectivity index (χ1v) is 12.3. The molecule has 1 unspecified atom stereocenters. The number of aromatic nitrogens is 2. The van der Waals surface area contributed by atoms with E-state index in [4.69, 9.17) is 0 Å². The van der Waals surface area contributed by atoms with E-state index in [1.807, 2.05) is 42.7 Å². The number of hydrogen-bond donors (Lipinski definition) is 2. The van der Waals surface area contributed by atoms with Crippen molar-refractivity contribution in [1.82, 2.24) is 19.8 Å². The van der Waals surface area contributed by atoms with Gasteiger partial charge in [0.15, 0.2) is 0 Å². The molecule has 0 saturated carbocycles. The summed E-state index contributed by atoms with van der Waals surface area (Å²) in [5.74, 6) is -0.367. The van der Waals surface area contributed by atoms with Crippen molar-refractivity contribution in [2.45, 2.75) is 70.6 Å². The van der Waals surface area contributed by atoms with Crippen LogP contribution in [0.2, 0.25) is 0 Å². The highest BCUT2D eigenvalue weighted by molar-refractivity contribution is 6.08. The van der Waals surface area contributed by atoms with E-state index in [1.165, 1.54) is 0 Å². The van der Waals surface area contributed by atoms with Crippen molar-refractivity contribution in [2.24, 2.45) is 5.41 Å². The minimum atomic E-state index is -0.591. The maximum Gasteiger partial charge on any atom is 0.272 e. The first-order valence-electron chi connectivity index (χ1n) is 12.3. The highest BCUT2D eigenvalue weighted by Gasteiger charge is 2.66. The van der Waals surface area contributed by atoms with Crippen molar-refractivity contribution in [3.63, 3.8) is 0 Å². The minimum absolute atomic E-state index is 0.0828. The predicted octanol–water partition coefficient (Wildman–Crippen LogP) is 3.57. The van der Waals surface area contributed by atoms with Gasteiger partial charge < -0.3 is 20.1 Å². The molecule has 5 rings (SSSR count). The minimum Gasteiger partial charge on any atom is -0.364 e. The molecule has 188 valence electrons. The molecule has 0 bridgehead atoms. The maximum absolute atomic E-state index is 13.9.